The molecule has 1 rings (SSSR count). The maximum Gasteiger partial charge on any atom is 0.240 e. The molecule has 0 saturated heterocycles. The summed E-state index contributed by atoms with van der Waals surface area (Å²) in [6.07, 6.45) is 0.752. The summed E-state index contributed by atoms with van der Waals surface area (Å²) >= 11 is 0. The van der Waals surface area contributed by atoms with E-state index in [2.05, 4.69) is 4.72 Å². The molecular formula is C10H16N2O2S. The van der Waals surface area contributed by atoms with Crippen molar-refractivity contribution in [2.75, 3.05) is 5.73 Å². The first-order valence-corrected chi connectivity index (χ1v) is 6.32. The lowest BCUT2D eigenvalue weighted by molar-refractivity contribution is 0.556. The molecule has 15 heavy (non-hydrogen) atoms. The summed E-state index contributed by atoms with van der Waals surface area (Å²) in [6, 6.07) is 6.19. The van der Waals surface area contributed by atoms with Gasteiger partial charge in [-0.25, -0.2) is 13.1 Å². The summed E-state index contributed by atoms with van der Waals surface area (Å²) in [5, 5.41) is 0. The molecule has 0 aromatic heterocycles. The van der Waals surface area contributed by atoms with Crippen LogP contribution < -0.4 is 10.5 Å². The van der Waals surface area contributed by atoms with Crippen LogP contribution in [0.25, 0.3) is 0 Å². The Morgan fingerprint density at radius 2 is 2.13 bits per heavy atom. The van der Waals surface area contributed by atoms with Crippen molar-refractivity contribution in [1.82, 2.24) is 4.72 Å². The Labute approximate surface area is 90.5 Å². The molecule has 0 heterocycles. The van der Waals surface area contributed by atoms with Crippen LogP contribution in [-0.4, -0.2) is 14.5 Å². The molecule has 0 spiro atoms. The maximum absolute atomic E-state index is 11.8. The number of hydrogen-bond acceptors (Lipinski definition) is 3. The highest BCUT2D eigenvalue weighted by atomic mass is 32.2. The lowest BCUT2D eigenvalue weighted by Gasteiger charge is -2.12. The van der Waals surface area contributed by atoms with Crippen molar-refractivity contribution in [3.05, 3.63) is 24.3 Å². The summed E-state index contributed by atoms with van der Waals surface area (Å²) in [5.74, 6) is 0. The molecule has 0 aliphatic heterocycles. The van der Waals surface area contributed by atoms with E-state index in [-0.39, 0.29) is 10.9 Å². The quantitative estimate of drug-likeness (QED) is 0.764. The Morgan fingerprint density at radius 3 is 2.67 bits per heavy atom. The SMILES string of the molecule is CC[C@@H](C)NS(=O)(=O)c1cccc(N)c1. The van der Waals surface area contributed by atoms with Gasteiger partial charge in [-0.15, -0.1) is 0 Å². The average Bonchev–Trinajstić information content (AvgIpc) is 2.17. The highest BCUT2D eigenvalue weighted by molar-refractivity contribution is 7.89. The van der Waals surface area contributed by atoms with Crippen LogP contribution in [0.2, 0.25) is 0 Å². The lowest BCUT2D eigenvalue weighted by atomic mass is 10.3. The Bertz CT molecular complexity index is 429. The molecule has 0 saturated carbocycles. The van der Waals surface area contributed by atoms with Crippen LogP contribution in [0.1, 0.15) is 20.3 Å². The van der Waals surface area contributed by atoms with Gasteiger partial charge in [-0.2, -0.15) is 0 Å². The van der Waals surface area contributed by atoms with Crippen LogP contribution in [-0.2, 0) is 10.0 Å². The van der Waals surface area contributed by atoms with Crippen molar-refractivity contribution < 1.29 is 8.42 Å². The first-order valence-electron chi connectivity index (χ1n) is 4.83. The third-order valence-corrected chi connectivity index (χ3v) is 3.72. The molecule has 0 aliphatic carbocycles. The van der Waals surface area contributed by atoms with Gasteiger partial charge >= 0.3 is 0 Å². The fourth-order valence-electron chi connectivity index (χ4n) is 1.10. The van der Waals surface area contributed by atoms with Crippen molar-refractivity contribution >= 4 is 15.7 Å². The number of nitrogens with one attached hydrogen (secondary N) is 1. The number of rotatable bonds is 4. The second-order valence-corrected chi connectivity index (χ2v) is 5.22. The fraction of sp³-hybridized carbons (Fsp3) is 0.400. The molecule has 1 aromatic rings. The van der Waals surface area contributed by atoms with Crippen LogP contribution in [0.3, 0.4) is 0 Å². The lowest BCUT2D eigenvalue weighted by Crippen LogP contribution is -2.32. The van der Waals surface area contributed by atoms with Crippen LogP contribution >= 0.6 is 0 Å². The van der Waals surface area contributed by atoms with Crippen LogP contribution in [0.5, 0.6) is 0 Å². The van der Waals surface area contributed by atoms with E-state index < -0.39 is 10.0 Å². The number of anilines is 1. The van der Waals surface area contributed by atoms with E-state index in [9.17, 15) is 8.42 Å². The second kappa shape index (κ2) is 4.63. The number of nitrogen functional groups attached to an aromatic ring is 1. The number of benzene rings is 1. The standard InChI is InChI=1S/C10H16N2O2S/c1-3-8(2)12-15(13,14)10-6-4-5-9(11)7-10/h4-8,12H,3,11H2,1-2H3/t8-/m1/s1. The molecule has 1 atom stereocenters. The van der Waals surface area contributed by atoms with Gasteiger partial charge in [0.25, 0.3) is 0 Å². The zero-order valence-electron chi connectivity index (χ0n) is 8.90. The van der Waals surface area contributed by atoms with Crippen LogP contribution in [0.4, 0.5) is 5.69 Å². The van der Waals surface area contributed by atoms with Gasteiger partial charge in [0.15, 0.2) is 0 Å². The first-order chi connectivity index (χ1) is 6.95. The van der Waals surface area contributed by atoms with E-state index in [1.807, 2.05) is 13.8 Å². The Hall–Kier alpha value is -1.07. The highest BCUT2D eigenvalue weighted by Crippen LogP contribution is 2.13. The third-order valence-electron chi connectivity index (χ3n) is 2.14. The molecule has 3 N–H and O–H groups in total. The van der Waals surface area contributed by atoms with E-state index in [4.69, 9.17) is 5.73 Å². The van der Waals surface area contributed by atoms with Gasteiger partial charge in [-0.05, 0) is 31.5 Å². The Kier molecular flexibility index (Phi) is 3.71. The molecule has 1 aromatic carbocycles. The fourth-order valence-corrected chi connectivity index (χ4v) is 2.48. The minimum absolute atomic E-state index is 0.0727. The summed E-state index contributed by atoms with van der Waals surface area (Å²) in [7, 11) is -3.42. The molecule has 5 heteroatoms. The molecule has 0 aliphatic rings. The van der Waals surface area contributed by atoms with Crippen molar-refractivity contribution in [3.8, 4) is 0 Å². The first kappa shape index (κ1) is 12.0. The monoisotopic (exact) mass is 228 g/mol. The normalized spacial score (nSPS) is 13.7. The Balaban J connectivity index is 2.96. The van der Waals surface area contributed by atoms with Crippen LogP contribution in [0, 0.1) is 0 Å². The summed E-state index contributed by atoms with van der Waals surface area (Å²) in [4.78, 5) is 0.211. The molecule has 0 fully saturated rings. The van der Waals surface area contributed by atoms with Crippen molar-refractivity contribution in [2.45, 2.75) is 31.2 Å². The molecule has 0 bridgehead atoms. The molecule has 0 unspecified atom stereocenters. The number of hydrogen-bond donors (Lipinski definition) is 2. The van der Waals surface area contributed by atoms with Gasteiger partial charge in [0.05, 0.1) is 4.90 Å². The van der Waals surface area contributed by atoms with Crippen LogP contribution in [0.15, 0.2) is 29.2 Å². The summed E-state index contributed by atoms with van der Waals surface area (Å²) in [5.41, 5.74) is 5.97. The predicted molar refractivity (Wildman–Crippen MR) is 60.9 cm³/mol. The topological polar surface area (TPSA) is 72.2 Å². The summed E-state index contributed by atoms with van der Waals surface area (Å²) in [6.45, 7) is 3.75. The molecule has 0 amide bonds. The van der Waals surface area contributed by atoms with Crippen molar-refractivity contribution in [1.29, 1.82) is 0 Å². The molecule has 84 valence electrons. The van der Waals surface area contributed by atoms with Crippen molar-refractivity contribution in [2.24, 2.45) is 0 Å². The van der Waals surface area contributed by atoms with E-state index in [0.717, 1.165) is 6.42 Å². The average molecular weight is 228 g/mol. The minimum Gasteiger partial charge on any atom is -0.399 e. The van der Waals surface area contributed by atoms with E-state index in [1.165, 1.54) is 12.1 Å². The highest BCUT2D eigenvalue weighted by Gasteiger charge is 2.16. The van der Waals surface area contributed by atoms with Gasteiger partial charge < -0.3 is 5.73 Å². The second-order valence-electron chi connectivity index (χ2n) is 3.50. The van der Waals surface area contributed by atoms with Crippen molar-refractivity contribution in [3.63, 3.8) is 0 Å². The zero-order valence-corrected chi connectivity index (χ0v) is 9.71. The van der Waals surface area contributed by atoms with Gasteiger partial charge in [-0.3, -0.25) is 0 Å². The van der Waals surface area contributed by atoms with Gasteiger partial charge in [0.2, 0.25) is 10.0 Å². The van der Waals surface area contributed by atoms with Gasteiger partial charge in [0, 0.05) is 11.7 Å². The maximum atomic E-state index is 11.8. The third kappa shape index (κ3) is 3.21. The predicted octanol–water partition coefficient (Wildman–Crippen LogP) is 1.35. The van der Waals surface area contributed by atoms with Gasteiger partial charge in [-0.1, -0.05) is 13.0 Å². The van der Waals surface area contributed by atoms with E-state index >= 15 is 0 Å². The molecular weight excluding hydrogens is 212 g/mol. The largest absolute Gasteiger partial charge is 0.399 e. The smallest absolute Gasteiger partial charge is 0.240 e. The molecule has 0 radical (unpaired) electrons. The van der Waals surface area contributed by atoms with E-state index in [0.29, 0.717) is 5.69 Å². The van der Waals surface area contributed by atoms with Gasteiger partial charge in [0.1, 0.15) is 0 Å². The minimum atomic E-state index is -3.42. The van der Waals surface area contributed by atoms with E-state index in [1.54, 1.807) is 12.1 Å². The molecule has 4 nitrogen and oxygen atoms in total. The Morgan fingerprint density at radius 1 is 1.47 bits per heavy atom. The summed E-state index contributed by atoms with van der Waals surface area (Å²) < 4.78 is 26.1. The zero-order chi connectivity index (χ0) is 11.5. The number of nitrogens with two attached hydrogens (primary N) is 1. The number of sulfonamides is 1.